The molecule has 2 aliphatic rings. The Kier molecular flexibility index (Phi) is 7.58. The van der Waals surface area contributed by atoms with Crippen molar-refractivity contribution in [1.82, 2.24) is 15.1 Å². The Hall–Kier alpha value is -1.78. The summed E-state index contributed by atoms with van der Waals surface area (Å²) in [6.07, 6.45) is -0.273. The summed E-state index contributed by atoms with van der Waals surface area (Å²) >= 11 is 0. The van der Waals surface area contributed by atoms with E-state index in [9.17, 15) is 9.18 Å². The second kappa shape index (κ2) is 9.36. The highest BCUT2D eigenvalue weighted by Gasteiger charge is 2.36. The Morgan fingerprint density at radius 3 is 2.69 bits per heavy atom. The molecule has 1 fully saturated rings. The van der Waals surface area contributed by atoms with Gasteiger partial charge in [0.25, 0.3) is 0 Å². The molecule has 1 atom stereocenters. The van der Waals surface area contributed by atoms with Crippen LogP contribution in [0.5, 0.6) is 0 Å². The number of guanidine groups is 1. The Bertz CT molecular complexity index is 766. The molecule has 0 bridgehead atoms. The van der Waals surface area contributed by atoms with Gasteiger partial charge in [-0.15, -0.1) is 24.0 Å². The van der Waals surface area contributed by atoms with Crippen molar-refractivity contribution in [3.8, 4) is 0 Å². The first kappa shape index (κ1) is 23.5. The van der Waals surface area contributed by atoms with Gasteiger partial charge < -0.3 is 24.8 Å². The van der Waals surface area contributed by atoms with Crippen molar-refractivity contribution >= 4 is 41.7 Å². The Balaban J connectivity index is 0.00000300. The number of carbonyl (C=O) groups is 1. The van der Waals surface area contributed by atoms with Gasteiger partial charge in [0.1, 0.15) is 11.4 Å². The number of nitrogens with zero attached hydrogens (tertiary/aromatic N) is 4. The van der Waals surface area contributed by atoms with Crippen molar-refractivity contribution in [1.29, 1.82) is 0 Å². The van der Waals surface area contributed by atoms with E-state index in [1.807, 2.05) is 40.9 Å². The standard InChI is InChI=1S/C20H30FN5O2.HI/c1-20(2,3)28-19(27)25-8-9-26-15(13-25)12-23-18(26)22-11-14-6-7-17(24(4)5)16(21)10-14;/h6-7,10,15H,8-9,11-13H2,1-5H3,(H,22,23);1H. The van der Waals surface area contributed by atoms with Gasteiger partial charge in [-0.1, -0.05) is 6.07 Å². The van der Waals surface area contributed by atoms with Crippen molar-refractivity contribution in [3.05, 3.63) is 29.6 Å². The minimum absolute atomic E-state index is 0. The number of nitrogens with one attached hydrogen (secondary N) is 1. The van der Waals surface area contributed by atoms with E-state index >= 15 is 0 Å². The number of carbonyl (C=O) groups excluding carboxylic acids is 1. The molecule has 1 aromatic carbocycles. The van der Waals surface area contributed by atoms with Crippen LogP contribution >= 0.6 is 24.0 Å². The fraction of sp³-hybridized carbons (Fsp3) is 0.600. The quantitative estimate of drug-likeness (QED) is 0.623. The van der Waals surface area contributed by atoms with E-state index in [0.717, 1.165) is 11.5 Å². The van der Waals surface area contributed by atoms with Crippen molar-refractivity contribution < 1.29 is 13.9 Å². The minimum atomic E-state index is -0.496. The number of fused-ring (bicyclic) bond motifs is 1. The van der Waals surface area contributed by atoms with Crippen molar-refractivity contribution in [3.63, 3.8) is 0 Å². The van der Waals surface area contributed by atoms with E-state index in [1.54, 1.807) is 21.9 Å². The maximum absolute atomic E-state index is 14.1. The zero-order chi connectivity index (χ0) is 20.5. The molecule has 162 valence electrons. The molecular formula is C20H31FIN5O2. The summed E-state index contributed by atoms with van der Waals surface area (Å²) in [7, 11) is 3.64. The Morgan fingerprint density at radius 2 is 2.07 bits per heavy atom. The first-order valence-electron chi connectivity index (χ1n) is 9.62. The largest absolute Gasteiger partial charge is 0.444 e. The van der Waals surface area contributed by atoms with E-state index in [1.165, 1.54) is 0 Å². The Morgan fingerprint density at radius 1 is 1.34 bits per heavy atom. The number of rotatable bonds is 3. The number of piperazine rings is 1. The molecular weight excluding hydrogens is 488 g/mol. The molecule has 0 radical (unpaired) electrons. The number of amides is 1. The van der Waals surface area contributed by atoms with Crippen molar-refractivity contribution in [2.45, 2.75) is 39.0 Å². The third kappa shape index (κ3) is 5.86. The van der Waals surface area contributed by atoms with Gasteiger partial charge in [-0.25, -0.2) is 9.18 Å². The van der Waals surface area contributed by atoms with E-state index in [2.05, 4.69) is 15.2 Å². The molecule has 0 aliphatic carbocycles. The monoisotopic (exact) mass is 519 g/mol. The molecule has 0 spiro atoms. The minimum Gasteiger partial charge on any atom is -0.444 e. The second-order valence-corrected chi connectivity index (χ2v) is 8.47. The van der Waals surface area contributed by atoms with Crippen LogP contribution in [0.15, 0.2) is 23.2 Å². The number of hydrogen-bond donors (Lipinski definition) is 1. The summed E-state index contributed by atoms with van der Waals surface area (Å²) in [5.41, 5.74) is 0.937. The number of halogens is 2. The first-order valence-corrected chi connectivity index (χ1v) is 9.62. The molecule has 7 nitrogen and oxygen atoms in total. The van der Waals surface area contributed by atoms with Gasteiger partial charge in [-0.05, 0) is 38.5 Å². The van der Waals surface area contributed by atoms with E-state index in [4.69, 9.17) is 4.74 Å². The molecule has 29 heavy (non-hydrogen) atoms. The molecule has 1 amide bonds. The normalized spacial score (nSPS) is 18.6. The van der Waals surface area contributed by atoms with Crippen LogP contribution in [0.2, 0.25) is 0 Å². The summed E-state index contributed by atoms with van der Waals surface area (Å²) in [5, 5.41) is 3.32. The summed E-state index contributed by atoms with van der Waals surface area (Å²) in [6, 6.07) is 5.40. The van der Waals surface area contributed by atoms with Crippen molar-refractivity contribution in [2.75, 3.05) is 45.2 Å². The number of anilines is 1. The van der Waals surface area contributed by atoms with Gasteiger partial charge in [0.2, 0.25) is 0 Å². The lowest BCUT2D eigenvalue weighted by Crippen LogP contribution is -2.57. The van der Waals surface area contributed by atoms with Gasteiger partial charge in [0.05, 0.1) is 18.3 Å². The second-order valence-electron chi connectivity index (χ2n) is 8.47. The van der Waals surface area contributed by atoms with Gasteiger partial charge >= 0.3 is 6.09 Å². The fourth-order valence-electron chi connectivity index (χ4n) is 3.43. The third-order valence-electron chi connectivity index (χ3n) is 4.80. The lowest BCUT2D eigenvalue weighted by Gasteiger charge is -2.39. The molecule has 1 unspecified atom stereocenters. The fourth-order valence-corrected chi connectivity index (χ4v) is 3.43. The van der Waals surface area contributed by atoms with Crippen LogP contribution in [0, 0.1) is 5.82 Å². The third-order valence-corrected chi connectivity index (χ3v) is 4.80. The topological polar surface area (TPSA) is 60.4 Å². The van der Waals surface area contributed by atoms with Gasteiger partial charge in [0, 0.05) is 40.3 Å². The molecule has 2 heterocycles. The van der Waals surface area contributed by atoms with Crippen LogP contribution in [0.4, 0.5) is 14.9 Å². The van der Waals surface area contributed by atoms with E-state index < -0.39 is 5.60 Å². The maximum Gasteiger partial charge on any atom is 0.410 e. The molecule has 0 aromatic heterocycles. The molecule has 2 aliphatic heterocycles. The number of aliphatic imine (C=N–C) groups is 1. The smallest absolute Gasteiger partial charge is 0.410 e. The summed E-state index contributed by atoms with van der Waals surface area (Å²) < 4.78 is 19.6. The van der Waals surface area contributed by atoms with E-state index in [0.29, 0.717) is 38.4 Å². The molecule has 3 rings (SSSR count). The summed E-state index contributed by atoms with van der Waals surface area (Å²) in [5.74, 6) is 0.576. The molecule has 0 saturated carbocycles. The van der Waals surface area contributed by atoms with Crippen molar-refractivity contribution in [2.24, 2.45) is 4.99 Å². The highest BCUT2D eigenvalue weighted by atomic mass is 127. The maximum atomic E-state index is 14.1. The lowest BCUT2D eigenvalue weighted by atomic mass is 10.2. The van der Waals surface area contributed by atoms with Crippen LogP contribution in [-0.4, -0.2) is 73.8 Å². The van der Waals surface area contributed by atoms with Gasteiger partial charge in [-0.3, -0.25) is 4.99 Å². The van der Waals surface area contributed by atoms with E-state index in [-0.39, 0.29) is 41.9 Å². The Labute approximate surface area is 189 Å². The van der Waals surface area contributed by atoms with Crippen LogP contribution in [-0.2, 0) is 11.3 Å². The predicted octanol–water partition coefficient (Wildman–Crippen LogP) is 2.89. The highest BCUT2D eigenvalue weighted by molar-refractivity contribution is 14.0. The van der Waals surface area contributed by atoms with Crippen LogP contribution in [0.1, 0.15) is 26.3 Å². The summed E-state index contributed by atoms with van der Waals surface area (Å²) in [4.78, 5) is 22.6. The predicted molar refractivity (Wildman–Crippen MR) is 124 cm³/mol. The molecule has 1 saturated heterocycles. The molecule has 9 heteroatoms. The lowest BCUT2D eigenvalue weighted by molar-refractivity contribution is 0.0137. The number of ether oxygens (including phenoxy) is 1. The highest BCUT2D eigenvalue weighted by Crippen LogP contribution is 2.20. The van der Waals surface area contributed by atoms with Crippen LogP contribution < -0.4 is 10.2 Å². The van der Waals surface area contributed by atoms with Crippen LogP contribution in [0.3, 0.4) is 0 Å². The van der Waals surface area contributed by atoms with Gasteiger partial charge in [0.15, 0.2) is 5.96 Å². The average Bonchev–Trinajstić information content (AvgIpc) is 3.00. The van der Waals surface area contributed by atoms with Gasteiger partial charge in [-0.2, -0.15) is 0 Å². The summed E-state index contributed by atoms with van der Waals surface area (Å²) in [6.45, 7) is 8.64. The number of hydrogen-bond acceptors (Lipinski definition) is 6. The molecule has 1 aromatic rings. The van der Waals surface area contributed by atoms with Crippen LogP contribution in [0.25, 0.3) is 0 Å². The zero-order valence-electron chi connectivity index (χ0n) is 17.7. The first-order chi connectivity index (χ1) is 13.1. The number of benzene rings is 1. The molecule has 1 N–H and O–H groups in total. The zero-order valence-corrected chi connectivity index (χ0v) is 20.1. The SMILES string of the molecule is CN(C)c1ccc(CNC2=NCC3CN(C(=O)OC(C)(C)C)CCN23)cc1F.I. The average molecular weight is 519 g/mol.